The third-order valence-electron chi connectivity index (χ3n) is 4.88. The van der Waals surface area contributed by atoms with Crippen LogP contribution in [-0.4, -0.2) is 27.0 Å². The van der Waals surface area contributed by atoms with Crippen LogP contribution in [0, 0.1) is 0 Å². The standard InChI is InChI=1S/C23H20Cl2N4O/c24-18-8-7-17(19(25)14-18)15-29-21-5-2-1-4-20(21)28-22(29)6-3-11-27-23(30)16-9-12-26-13-10-16/h1-2,4-5,7-10,12-14H,3,6,11,15H2,(H,27,30). The second-order valence-corrected chi connectivity index (χ2v) is 7.78. The number of nitrogens with zero attached hydrogens (tertiary/aromatic N) is 3. The van der Waals surface area contributed by atoms with Crippen molar-refractivity contribution in [3.8, 4) is 0 Å². The average Bonchev–Trinajstić information content (AvgIpc) is 3.11. The first-order valence-corrected chi connectivity index (χ1v) is 10.4. The van der Waals surface area contributed by atoms with Gasteiger partial charge in [-0.05, 0) is 48.4 Å². The summed E-state index contributed by atoms with van der Waals surface area (Å²) in [7, 11) is 0. The summed E-state index contributed by atoms with van der Waals surface area (Å²) in [5.74, 6) is 0.860. The minimum atomic E-state index is -0.0983. The Morgan fingerprint density at radius 1 is 1.03 bits per heavy atom. The van der Waals surface area contributed by atoms with E-state index in [0.29, 0.717) is 28.7 Å². The molecule has 1 N–H and O–H groups in total. The number of halogens is 2. The Morgan fingerprint density at radius 3 is 2.63 bits per heavy atom. The number of rotatable bonds is 7. The second-order valence-electron chi connectivity index (χ2n) is 6.93. The van der Waals surface area contributed by atoms with Crippen LogP contribution in [0.15, 0.2) is 67.0 Å². The highest BCUT2D eigenvalue weighted by atomic mass is 35.5. The number of aromatic nitrogens is 3. The molecule has 4 rings (SSSR count). The number of nitrogens with one attached hydrogen (secondary N) is 1. The fourth-order valence-corrected chi connectivity index (χ4v) is 3.83. The normalized spacial score (nSPS) is 11.0. The van der Waals surface area contributed by atoms with Gasteiger partial charge in [0.25, 0.3) is 5.91 Å². The largest absolute Gasteiger partial charge is 0.352 e. The van der Waals surface area contributed by atoms with Crippen LogP contribution in [0.2, 0.25) is 10.0 Å². The molecule has 7 heteroatoms. The maximum Gasteiger partial charge on any atom is 0.251 e. The van der Waals surface area contributed by atoms with Crippen LogP contribution >= 0.6 is 23.2 Å². The van der Waals surface area contributed by atoms with Crippen molar-refractivity contribution in [3.63, 3.8) is 0 Å². The Balaban J connectivity index is 1.48. The maximum absolute atomic E-state index is 12.2. The molecule has 0 bridgehead atoms. The molecule has 2 heterocycles. The van der Waals surface area contributed by atoms with Gasteiger partial charge in [-0.2, -0.15) is 0 Å². The molecule has 0 aliphatic heterocycles. The van der Waals surface area contributed by atoms with Crippen molar-refractivity contribution in [2.24, 2.45) is 0 Å². The topological polar surface area (TPSA) is 59.8 Å². The van der Waals surface area contributed by atoms with Crippen LogP contribution in [0.25, 0.3) is 11.0 Å². The van der Waals surface area contributed by atoms with E-state index < -0.39 is 0 Å². The van der Waals surface area contributed by atoms with Gasteiger partial charge in [-0.1, -0.05) is 41.4 Å². The summed E-state index contributed by atoms with van der Waals surface area (Å²) in [5.41, 5.74) is 3.59. The first kappa shape index (κ1) is 20.4. The van der Waals surface area contributed by atoms with Gasteiger partial charge >= 0.3 is 0 Å². The number of hydrogen-bond acceptors (Lipinski definition) is 3. The zero-order valence-corrected chi connectivity index (χ0v) is 17.7. The average molecular weight is 439 g/mol. The van der Waals surface area contributed by atoms with E-state index in [2.05, 4.69) is 20.9 Å². The molecular weight excluding hydrogens is 419 g/mol. The van der Waals surface area contributed by atoms with Gasteiger partial charge in [0.05, 0.1) is 17.6 Å². The lowest BCUT2D eigenvalue weighted by atomic mass is 10.2. The van der Waals surface area contributed by atoms with Crippen LogP contribution < -0.4 is 5.32 Å². The number of carbonyl (C=O) groups excluding carboxylic acids is 1. The highest BCUT2D eigenvalue weighted by Crippen LogP contribution is 2.25. The summed E-state index contributed by atoms with van der Waals surface area (Å²) < 4.78 is 2.18. The quantitative estimate of drug-likeness (QED) is 0.405. The Bertz CT molecular complexity index is 1170. The third kappa shape index (κ3) is 4.64. The van der Waals surface area contributed by atoms with Crippen LogP contribution in [0.3, 0.4) is 0 Å². The van der Waals surface area contributed by atoms with Gasteiger partial charge in [0.2, 0.25) is 0 Å². The first-order valence-electron chi connectivity index (χ1n) is 9.68. The van der Waals surface area contributed by atoms with E-state index in [1.807, 2.05) is 30.3 Å². The summed E-state index contributed by atoms with van der Waals surface area (Å²) in [5, 5.41) is 4.20. The first-order chi connectivity index (χ1) is 14.6. The monoisotopic (exact) mass is 438 g/mol. The van der Waals surface area contributed by atoms with Crippen LogP contribution in [0.5, 0.6) is 0 Å². The molecule has 1 amide bonds. The zero-order chi connectivity index (χ0) is 20.9. The number of para-hydroxylation sites is 2. The molecule has 0 unspecified atom stereocenters. The maximum atomic E-state index is 12.2. The van der Waals surface area contributed by atoms with Crippen LogP contribution in [0.4, 0.5) is 0 Å². The van der Waals surface area contributed by atoms with Crippen molar-refractivity contribution < 1.29 is 4.79 Å². The molecule has 0 atom stereocenters. The molecule has 5 nitrogen and oxygen atoms in total. The fourth-order valence-electron chi connectivity index (χ4n) is 3.37. The number of benzene rings is 2. The molecule has 0 aliphatic carbocycles. The van der Waals surface area contributed by atoms with Crippen molar-refractivity contribution >= 4 is 40.1 Å². The molecular formula is C23H20Cl2N4O. The summed E-state index contributed by atoms with van der Waals surface area (Å²) in [6, 6.07) is 17.0. The highest BCUT2D eigenvalue weighted by molar-refractivity contribution is 6.35. The summed E-state index contributed by atoms with van der Waals surface area (Å²) in [6.45, 7) is 1.17. The van der Waals surface area contributed by atoms with Crippen LogP contribution in [-0.2, 0) is 13.0 Å². The molecule has 2 aromatic carbocycles. The van der Waals surface area contributed by atoms with E-state index in [-0.39, 0.29) is 5.91 Å². The molecule has 0 saturated carbocycles. The second kappa shape index (κ2) is 9.28. The van der Waals surface area contributed by atoms with Crippen molar-refractivity contribution in [3.05, 3.63) is 94.0 Å². The van der Waals surface area contributed by atoms with E-state index in [9.17, 15) is 4.79 Å². The number of imidazole rings is 1. The molecule has 0 fully saturated rings. The molecule has 30 heavy (non-hydrogen) atoms. The smallest absolute Gasteiger partial charge is 0.251 e. The van der Waals surface area contributed by atoms with Gasteiger partial charge in [0.15, 0.2) is 0 Å². The predicted molar refractivity (Wildman–Crippen MR) is 120 cm³/mol. The lowest BCUT2D eigenvalue weighted by molar-refractivity contribution is 0.0953. The van der Waals surface area contributed by atoms with E-state index in [0.717, 1.165) is 35.3 Å². The van der Waals surface area contributed by atoms with Gasteiger partial charge < -0.3 is 9.88 Å². The SMILES string of the molecule is O=C(NCCCc1nc2ccccc2n1Cc1ccc(Cl)cc1Cl)c1ccncc1. The Morgan fingerprint density at radius 2 is 1.83 bits per heavy atom. The lowest BCUT2D eigenvalue weighted by Gasteiger charge is -2.11. The fraction of sp³-hybridized carbons (Fsp3) is 0.174. The van der Waals surface area contributed by atoms with Crippen LogP contribution in [0.1, 0.15) is 28.2 Å². The number of hydrogen-bond donors (Lipinski definition) is 1. The summed E-state index contributed by atoms with van der Waals surface area (Å²) in [4.78, 5) is 20.9. The summed E-state index contributed by atoms with van der Waals surface area (Å²) in [6.07, 6.45) is 4.73. The Hall–Kier alpha value is -2.89. The number of pyridine rings is 1. The van der Waals surface area contributed by atoms with Gasteiger partial charge in [-0.3, -0.25) is 9.78 Å². The molecule has 0 aliphatic rings. The van der Waals surface area contributed by atoms with Crippen molar-refractivity contribution in [2.75, 3.05) is 6.54 Å². The minimum absolute atomic E-state index is 0.0983. The Kier molecular flexibility index (Phi) is 6.31. The van der Waals surface area contributed by atoms with E-state index in [4.69, 9.17) is 28.2 Å². The van der Waals surface area contributed by atoms with Crippen molar-refractivity contribution in [2.45, 2.75) is 19.4 Å². The van der Waals surface area contributed by atoms with Crippen molar-refractivity contribution in [1.82, 2.24) is 19.9 Å². The van der Waals surface area contributed by atoms with Gasteiger partial charge in [-0.25, -0.2) is 4.98 Å². The van der Waals surface area contributed by atoms with Gasteiger partial charge in [0, 0.05) is 41.0 Å². The molecule has 0 saturated heterocycles. The third-order valence-corrected chi connectivity index (χ3v) is 5.47. The predicted octanol–water partition coefficient (Wildman–Crippen LogP) is 5.15. The van der Waals surface area contributed by atoms with Crippen molar-refractivity contribution in [1.29, 1.82) is 0 Å². The molecule has 152 valence electrons. The van der Waals surface area contributed by atoms with E-state index in [1.165, 1.54) is 0 Å². The number of fused-ring (bicyclic) bond motifs is 1. The molecule has 2 aromatic heterocycles. The summed E-state index contributed by atoms with van der Waals surface area (Å²) >= 11 is 12.4. The van der Waals surface area contributed by atoms with Gasteiger partial charge in [-0.15, -0.1) is 0 Å². The number of aryl methyl sites for hydroxylation is 1. The number of amides is 1. The van der Waals surface area contributed by atoms with E-state index in [1.54, 1.807) is 30.6 Å². The van der Waals surface area contributed by atoms with E-state index >= 15 is 0 Å². The highest BCUT2D eigenvalue weighted by Gasteiger charge is 2.13. The molecule has 0 spiro atoms. The van der Waals surface area contributed by atoms with Gasteiger partial charge in [0.1, 0.15) is 5.82 Å². The number of carbonyl (C=O) groups is 1. The Labute approximate surface area is 184 Å². The molecule has 4 aromatic rings. The zero-order valence-electron chi connectivity index (χ0n) is 16.2. The molecule has 0 radical (unpaired) electrons. The minimum Gasteiger partial charge on any atom is -0.352 e. The lowest BCUT2D eigenvalue weighted by Crippen LogP contribution is -2.25.